The molecule has 0 spiro atoms. The number of hydrogen-bond donors (Lipinski definition) is 3. The Kier molecular flexibility index (Phi) is 10.0. The van der Waals surface area contributed by atoms with E-state index in [0.717, 1.165) is 25.2 Å². The number of carbonyl (C=O) groups is 3. The fraction of sp³-hybridized carbons (Fsp3) is 0.346. The monoisotopic (exact) mass is 653 g/mol. The van der Waals surface area contributed by atoms with E-state index in [-0.39, 0.29) is 23.5 Å². The normalized spacial score (nSPS) is 14.9. The predicted octanol–water partition coefficient (Wildman–Crippen LogP) is 6.39. The summed E-state index contributed by atoms with van der Waals surface area (Å²) in [5.74, 6) is -0.777. The number of alkyl carbamates (subject to hydrolysis) is 1. The first kappa shape index (κ1) is 29.3. The lowest BCUT2D eigenvalue weighted by Crippen LogP contribution is -2.36. The molecular weight excluding hydrogens is 626 g/mol. The molecule has 2 aromatic heterocycles. The molecule has 1 unspecified atom stereocenters. The van der Waals surface area contributed by atoms with Crippen molar-refractivity contribution in [3.05, 3.63) is 69.4 Å². The lowest BCUT2D eigenvalue weighted by atomic mass is 10.1. The second-order valence-corrected chi connectivity index (χ2v) is 11.1. The van der Waals surface area contributed by atoms with Crippen molar-refractivity contribution in [2.24, 2.45) is 5.92 Å². The Morgan fingerprint density at radius 2 is 1.61 bits per heavy atom. The summed E-state index contributed by atoms with van der Waals surface area (Å²) in [5, 5.41) is 14.0. The molecule has 1 aromatic carbocycles. The summed E-state index contributed by atoms with van der Waals surface area (Å²) < 4.78 is 16.1. The number of hydrogen-bond acceptors (Lipinski definition) is 7. The second-order valence-electron chi connectivity index (χ2n) is 9.50. The van der Waals surface area contributed by atoms with Crippen LogP contribution in [0.1, 0.15) is 48.3 Å². The van der Waals surface area contributed by atoms with Crippen LogP contribution in [-0.4, -0.2) is 48.3 Å². The van der Waals surface area contributed by atoms with Gasteiger partial charge in [0.05, 0.1) is 0 Å². The summed E-state index contributed by atoms with van der Waals surface area (Å²) in [6.45, 7) is 7.93. The van der Waals surface area contributed by atoms with Crippen LogP contribution >= 0.6 is 31.9 Å². The van der Waals surface area contributed by atoms with Gasteiger partial charge in [0.2, 0.25) is 5.76 Å². The first-order chi connectivity index (χ1) is 17.9. The van der Waals surface area contributed by atoms with E-state index in [1.54, 1.807) is 12.1 Å². The molecule has 3 aromatic rings. The summed E-state index contributed by atoms with van der Waals surface area (Å²) in [6, 6.07) is 13.9. The Morgan fingerprint density at radius 1 is 1.00 bits per heavy atom. The van der Waals surface area contributed by atoms with E-state index >= 15 is 0 Å². The van der Waals surface area contributed by atoms with Gasteiger partial charge in [-0.1, -0.05) is 0 Å². The molecule has 1 fully saturated rings. The summed E-state index contributed by atoms with van der Waals surface area (Å²) in [6.07, 6.45) is 0.626. The number of rotatable bonds is 6. The number of furan rings is 2. The van der Waals surface area contributed by atoms with Gasteiger partial charge in [-0.15, -0.1) is 0 Å². The summed E-state index contributed by atoms with van der Waals surface area (Å²) >= 11 is 6.16. The Hall–Kier alpha value is -3.25. The average molecular weight is 655 g/mol. The predicted molar refractivity (Wildman–Crippen MR) is 149 cm³/mol. The standard InChI is InChI=1S/C21H26BrN3O4.C5H3BrO3/c1-21(2,3)29-20(27)23-12-14-10-11-25(13-14)16-6-4-15(5-7-16)24-19(26)17-8-9-18(22)28-17;6-4-2-1-3(9-4)5(7)8/h4-9,14H,10-13H2,1-3H3,(H,23,27)(H,24,26);1-2H,(H,7,8). The topological polar surface area (TPSA) is 134 Å². The Bertz CT molecular complexity index is 1250. The molecule has 1 aliphatic rings. The molecule has 0 aliphatic carbocycles. The van der Waals surface area contributed by atoms with Crippen molar-refractivity contribution >= 4 is 61.2 Å². The fourth-order valence-electron chi connectivity index (χ4n) is 3.59. The lowest BCUT2D eigenvalue weighted by molar-refractivity contribution is 0.0519. The molecule has 3 N–H and O–H groups in total. The Balaban J connectivity index is 0.000000375. The second kappa shape index (κ2) is 13.0. The van der Waals surface area contributed by atoms with Crippen LogP contribution in [0.25, 0.3) is 0 Å². The van der Waals surface area contributed by atoms with Crippen molar-refractivity contribution < 1.29 is 33.1 Å². The number of amides is 2. The van der Waals surface area contributed by atoms with E-state index in [9.17, 15) is 14.4 Å². The third kappa shape index (κ3) is 9.25. The number of benzene rings is 1. The van der Waals surface area contributed by atoms with Crippen LogP contribution < -0.4 is 15.5 Å². The zero-order chi connectivity index (χ0) is 27.9. The van der Waals surface area contributed by atoms with Gasteiger partial charge in [0.15, 0.2) is 15.1 Å². The van der Waals surface area contributed by atoms with E-state index in [2.05, 4.69) is 51.8 Å². The molecule has 0 bridgehead atoms. The number of ether oxygens (including phenoxy) is 1. The van der Waals surface area contributed by atoms with Crippen molar-refractivity contribution in [3.8, 4) is 0 Å². The van der Waals surface area contributed by atoms with Crippen molar-refractivity contribution in [2.45, 2.75) is 32.8 Å². The fourth-order valence-corrected chi connectivity index (χ4v) is 4.20. The molecule has 204 valence electrons. The van der Waals surface area contributed by atoms with Gasteiger partial charge < -0.3 is 34.2 Å². The van der Waals surface area contributed by atoms with Gasteiger partial charge in [-0.3, -0.25) is 4.79 Å². The minimum absolute atomic E-state index is 0.0538. The number of carboxylic acids is 1. The molecule has 3 heterocycles. The largest absolute Gasteiger partial charge is 0.475 e. The highest BCUT2D eigenvalue weighted by Gasteiger charge is 2.24. The number of carboxylic acid groups (broad SMARTS) is 1. The van der Waals surface area contributed by atoms with Gasteiger partial charge in [0.1, 0.15) is 5.60 Å². The van der Waals surface area contributed by atoms with Crippen LogP contribution in [0, 0.1) is 5.92 Å². The van der Waals surface area contributed by atoms with Crippen LogP contribution in [0.4, 0.5) is 16.2 Å². The third-order valence-corrected chi connectivity index (χ3v) is 6.14. The van der Waals surface area contributed by atoms with E-state index in [0.29, 0.717) is 27.5 Å². The molecule has 0 saturated carbocycles. The van der Waals surface area contributed by atoms with E-state index in [4.69, 9.17) is 14.3 Å². The lowest BCUT2D eigenvalue weighted by Gasteiger charge is -2.21. The zero-order valence-electron chi connectivity index (χ0n) is 21.1. The molecule has 1 atom stereocenters. The van der Waals surface area contributed by atoms with Crippen molar-refractivity contribution in [1.82, 2.24) is 5.32 Å². The van der Waals surface area contributed by atoms with Gasteiger partial charge >= 0.3 is 12.1 Å². The van der Waals surface area contributed by atoms with Gasteiger partial charge in [-0.2, -0.15) is 0 Å². The van der Waals surface area contributed by atoms with Crippen molar-refractivity contribution in [3.63, 3.8) is 0 Å². The third-order valence-electron chi connectivity index (χ3n) is 5.29. The highest BCUT2D eigenvalue weighted by atomic mass is 79.9. The maximum Gasteiger partial charge on any atom is 0.407 e. The number of nitrogens with zero attached hydrogens (tertiary/aromatic N) is 1. The smallest absolute Gasteiger partial charge is 0.407 e. The van der Waals surface area contributed by atoms with Crippen molar-refractivity contribution in [2.75, 3.05) is 29.9 Å². The highest BCUT2D eigenvalue weighted by molar-refractivity contribution is 9.10. The van der Waals surface area contributed by atoms with Gasteiger partial charge in [-0.25, -0.2) is 9.59 Å². The quantitative estimate of drug-likeness (QED) is 0.279. The molecule has 1 saturated heterocycles. The van der Waals surface area contributed by atoms with Crippen LogP contribution in [0.3, 0.4) is 0 Å². The van der Waals surface area contributed by atoms with E-state index in [1.807, 2.05) is 45.0 Å². The van der Waals surface area contributed by atoms with Gasteiger partial charge in [0.25, 0.3) is 5.91 Å². The van der Waals surface area contributed by atoms with Crippen LogP contribution in [0.15, 0.2) is 66.7 Å². The Labute approximate surface area is 237 Å². The van der Waals surface area contributed by atoms with Crippen LogP contribution in [-0.2, 0) is 4.74 Å². The minimum atomic E-state index is -1.05. The maximum atomic E-state index is 12.1. The number of carbonyl (C=O) groups excluding carboxylic acids is 2. The number of halogens is 2. The number of aromatic carboxylic acids is 1. The SMILES string of the molecule is CC(C)(C)OC(=O)NCC1CCN(c2ccc(NC(=O)c3ccc(Br)o3)cc2)C1.O=C(O)c1ccc(Br)o1. The highest BCUT2D eigenvalue weighted by Crippen LogP contribution is 2.25. The maximum absolute atomic E-state index is 12.1. The van der Waals surface area contributed by atoms with Crippen LogP contribution in [0.2, 0.25) is 0 Å². The molecule has 12 heteroatoms. The molecule has 1 aliphatic heterocycles. The number of nitrogens with one attached hydrogen (secondary N) is 2. The molecule has 0 radical (unpaired) electrons. The van der Waals surface area contributed by atoms with Gasteiger partial charge in [-0.05, 0) is 114 Å². The molecule has 4 rings (SSSR count). The summed E-state index contributed by atoms with van der Waals surface area (Å²) in [5.41, 5.74) is 1.30. The first-order valence-corrected chi connectivity index (χ1v) is 13.4. The van der Waals surface area contributed by atoms with E-state index in [1.165, 1.54) is 12.1 Å². The minimum Gasteiger partial charge on any atom is -0.475 e. The summed E-state index contributed by atoms with van der Waals surface area (Å²) in [7, 11) is 0. The van der Waals surface area contributed by atoms with Crippen LogP contribution in [0.5, 0.6) is 0 Å². The molecule has 2 amide bonds. The van der Waals surface area contributed by atoms with E-state index < -0.39 is 11.6 Å². The Morgan fingerprint density at radius 3 is 2.11 bits per heavy atom. The van der Waals surface area contributed by atoms with Crippen molar-refractivity contribution in [1.29, 1.82) is 0 Å². The number of anilines is 2. The molecular formula is C26H29Br2N3O7. The summed E-state index contributed by atoms with van der Waals surface area (Å²) in [4.78, 5) is 36.3. The first-order valence-electron chi connectivity index (χ1n) is 11.8. The molecule has 10 nitrogen and oxygen atoms in total. The zero-order valence-corrected chi connectivity index (χ0v) is 24.3. The molecule has 38 heavy (non-hydrogen) atoms. The average Bonchev–Trinajstić information content (AvgIpc) is 3.59. The van der Waals surface area contributed by atoms with Gasteiger partial charge in [0, 0.05) is 31.0 Å².